The number of aromatic carboxylic acids is 1. The Hall–Kier alpha value is -2.70. The van der Waals surface area contributed by atoms with Crippen LogP contribution in [-0.4, -0.2) is 51.8 Å². The summed E-state index contributed by atoms with van der Waals surface area (Å²) in [5.74, 6) is -0.916. The first-order valence-electron chi connectivity index (χ1n) is 11.2. The number of benzene rings is 1. The molecule has 1 aliphatic carbocycles. The van der Waals surface area contributed by atoms with Gasteiger partial charge in [0.05, 0.1) is 0 Å². The molecule has 1 amide bonds. The zero-order valence-corrected chi connectivity index (χ0v) is 18.9. The van der Waals surface area contributed by atoms with E-state index in [0.29, 0.717) is 17.9 Å². The summed E-state index contributed by atoms with van der Waals surface area (Å²) in [4.78, 5) is 28.7. The highest BCUT2D eigenvalue weighted by atomic mass is 16.6. The van der Waals surface area contributed by atoms with Crippen molar-refractivity contribution in [3.05, 3.63) is 29.5 Å². The molecule has 2 heterocycles. The molecule has 7 heteroatoms. The minimum atomic E-state index is -0.916. The van der Waals surface area contributed by atoms with Crippen LogP contribution in [0.2, 0.25) is 0 Å². The van der Waals surface area contributed by atoms with Gasteiger partial charge in [-0.2, -0.15) is 0 Å². The highest BCUT2D eigenvalue weighted by Crippen LogP contribution is 2.50. The number of likely N-dealkylation sites (tertiary alicyclic amines) is 1. The molecule has 2 fully saturated rings. The number of aromatic nitrogens is 1. The van der Waals surface area contributed by atoms with Gasteiger partial charge in [0, 0.05) is 35.7 Å². The van der Waals surface area contributed by atoms with E-state index in [9.17, 15) is 14.7 Å². The number of nitrogens with one attached hydrogen (secondary N) is 2. The van der Waals surface area contributed by atoms with Crippen molar-refractivity contribution in [2.45, 2.75) is 71.4 Å². The second kappa shape index (κ2) is 7.77. The van der Waals surface area contributed by atoms with E-state index >= 15 is 0 Å². The standard InChI is InChI=1S/C24H33N3O4/c1-5-17-18-7-6-15(12-19(18)26-20(17)21(28)29)25-16-13-24(14-16)8-10-27(11-9-24)22(30)31-23(2,3)4/h6-7,12,16,25-26H,5,8-11,13-14H2,1-4H3,(H,28,29). The van der Waals surface area contributed by atoms with Gasteiger partial charge >= 0.3 is 12.1 Å². The molecule has 0 bridgehead atoms. The number of carboxylic acids is 1. The first-order chi connectivity index (χ1) is 14.6. The monoisotopic (exact) mass is 427 g/mol. The third-order valence-corrected chi connectivity index (χ3v) is 6.68. The molecule has 1 aromatic heterocycles. The fraction of sp³-hybridized carbons (Fsp3) is 0.583. The van der Waals surface area contributed by atoms with Gasteiger partial charge in [0.25, 0.3) is 0 Å². The minimum Gasteiger partial charge on any atom is -0.477 e. The molecule has 0 radical (unpaired) electrons. The number of rotatable bonds is 4. The third-order valence-electron chi connectivity index (χ3n) is 6.68. The van der Waals surface area contributed by atoms with Crippen molar-refractivity contribution in [2.24, 2.45) is 5.41 Å². The van der Waals surface area contributed by atoms with Crippen molar-refractivity contribution in [2.75, 3.05) is 18.4 Å². The van der Waals surface area contributed by atoms with Crippen LogP contribution in [0.3, 0.4) is 0 Å². The van der Waals surface area contributed by atoms with E-state index < -0.39 is 11.6 Å². The zero-order valence-electron chi connectivity index (χ0n) is 18.9. The second-order valence-corrected chi connectivity index (χ2v) is 10.1. The van der Waals surface area contributed by atoms with Gasteiger partial charge in [0.15, 0.2) is 0 Å². The fourth-order valence-electron chi connectivity index (χ4n) is 5.12. The first-order valence-corrected chi connectivity index (χ1v) is 11.2. The number of H-pyrrole nitrogens is 1. The quantitative estimate of drug-likeness (QED) is 0.637. The zero-order chi connectivity index (χ0) is 22.4. The molecule has 31 heavy (non-hydrogen) atoms. The smallest absolute Gasteiger partial charge is 0.410 e. The van der Waals surface area contributed by atoms with Gasteiger partial charge in [-0.05, 0) is 76.0 Å². The van der Waals surface area contributed by atoms with Crippen molar-refractivity contribution in [3.63, 3.8) is 0 Å². The highest BCUT2D eigenvalue weighted by molar-refractivity contribution is 5.98. The minimum absolute atomic E-state index is 0.206. The maximum atomic E-state index is 12.3. The Labute approximate surface area is 183 Å². The number of piperidine rings is 1. The average Bonchev–Trinajstić information content (AvgIpc) is 3.04. The van der Waals surface area contributed by atoms with E-state index in [0.717, 1.165) is 60.9 Å². The molecule has 3 N–H and O–H groups in total. The molecule has 1 aliphatic heterocycles. The average molecular weight is 428 g/mol. The molecule has 1 saturated carbocycles. The number of aryl methyl sites for hydroxylation is 1. The molecule has 7 nitrogen and oxygen atoms in total. The predicted octanol–water partition coefficient (Wildman–Crippen LogP) is 5.02. The summed E-state index contributed by atoms with van der Waals surface area (Å²) in [6.07, 6.45) is 4.70. The van der Waals surface area contributed by atoms with Crippen molar-refractivity contribution in [1.82, 2.24) is 9.88 Å². The first kappa shape index (κ1) is 21.5. The van der Waals surface area contributed by atoms with E-state index in [1.807, 2.05) is 50.8 Å². The predicted molar refractivity (Wildman–Crippen MR) is 121 cm³/mol. The molecule has 1 saturated heterocycles. The van der Waals surface area contributed by atoms with E-state index in [4.69, 9.17) is 4.74 Å². The van der Waals surface area contributed by atoms with E-state index in [-0.39, 0.29) is 11.8 Å². The Morgan fingerprint density at radius 2 is 1.94 bits per heavy atom. The van der Waals surface area contributed by atoms with Gasteiger partial charge in [-0.1, -0.05) is 13.0 Å². The van der Waals surface area contributed by atoms with Gasteiger partial charge in [-0.25, -0.2) is 9.59 Å². The molecule has 2 aromatic rings. The molecule has 0 unspecified atom stereocenters. The molecule has 1 aromatic carbocycles. The molecular weight excluding hydrogens is 394 g/mol. The molecule has 168 valence electrons. The van der Waals surface area contributed by atoms with Gasteiger partial charge < -0.3 is 25.0 Å². The van der Waals surface area contributed by atoms with Crippen molar-refractivity contribution in [3.8, 4) is 0 Å². The van der Waals surface area contributed by atoms with Crippen LogP contribution in [0.25, 0.3) is 10.9 Å². The van der Waals surface area contributed by atoms with E-state index in [1.165, 1.54) is 0 Å². The van der Waals surface area contributed by atoms with Gasteiger partial charge in [-0.3, -0.25) is 0 Å². The molecule has 2 aliphatic rings. The summed E-state index contributed by atoms with van der Waals surface area (Å²) in [5, 5.41) is 14.0. The number of nitrogens with zero attached hydrogens (tertiary/aromatic N) is 1. The maximum absolute atomic E-state index is 12.3. The lowest BCUT2D eigenvalue weighted by Crippen LogP contribution is -2.53. The van der Waals surface area contributed by atoms with E-state index in [1.54, 1.807) is 0 Å². The van der Waals surface area contributed by atoms with Gasteiger partial charge in [0.2, 0.25) is 0 Å². The van der Waals surface area contributed by atoms with Crippen LogP contribution in [0.15, 0.2) is 18.2 Å². The van der Waals surface area contributed by atoms with Crippen LogP contribution in [0.5, 0.6) is 0 Å². The fourth-order valence-corrected chi connectivity index (χ4v) is 5.12. The van der Waals surface area contributed by atoms with Crippen LogP contribution >= 0.6 is 0 Å². The Bertz CT molecular complexity index is 988. The lowest BCUT2D eigenvalue weighted by Gasteiger charge is -2.52. The van der Waals surface area contributed by atoms with Crippen LogP contribution in [-0.2, 0) is 11.2 Å². The molecular formula is C24H33N3O4. The molecule has 4 rings (SSSR count). The third kappa shape index (κ3) is 4.36. The number of aromatic amines is 1. The normalized spacial score (nSPS) is 18.8. The number of anilines is 1. The summed E-state index contributed by atoms with van der Waals surface area (Å²) in [6, 6.07) is 6.46. The maximum Gasteiger partial charge on any atom is 0.410 e. The van der Waals surface area contributed by atoms with Gasteiger partial charge in [-0.15, -0.1) is 0 Å². The van der Waals surface area contributed by atoms with Crippen molar-refractivity contribution < 1.29 is 19.4 Å². The lowest BCUT2D eigenvalue weighted by molar-refractivity contribution is -0.00860. The van der Waals surface area contributed by atoms with E-state index in [2.05, 4.69) is 10.3 Å². The molecule has 0 atom stereocenters. The van der Waals surface area contributed by atoms with Crippen molar-refractivity contribution >= 4 is 28.7 Å². The number of carbonyl (C=O) groups is 2. The topological polar surface area (TPSA) is 94.7 Å². The van der Waals surface area contributed by atoms with Crippen molar-refractivity contribution in [1.29, 1.82) is 0 Å². The number of ether oxygens (including phenoxy) is 1. The summed E-state index contributed by atoms with van der Waals surface area (Å²) in [6.45, 7) is 9.18. The summed E-state index contributed by atoms with van der Waals surface area (Å²) in [5.41, 5.74) is 2.88. The number of amides is 1. The van der Waals surface area contributed by atoms with Crippen LogP contribution in [0, 0.1) is 5.41 Å². The summed E-state index contributed by atoms with van der Waals surface area (Å²) < 4.78 is 5.50. The Balaban J connectivity index is 1.34. The SMILES string of the molecule is CCc1c(C(=O)O)[nH]c2cc(NC3CC4(CCN(C(=O)OC(C)(C)C)CC4)C3)ccc12. The summed E-state index contributed by atoms with van der Waals surface area (Å²) in [7, 11) is 0. The molecule has 1 spiro atoms. The number of carboxylic acid groups (broad SMARTS) is 1. The number of hydrogen-bond donors (Lipinski definition) is 3. The number of hydrogen-bond acceptors (Lipinski definition) is 4. The Kier molecular flexibility index (Phi) is 5.40. The van der Waals surface area contributed by atoms with Crippen LogP contribution in [0.1, 0.15) is 69.4 Å². The summed E-state index contributed by atoms with van der Waals surface area (Å²) >= 11 is 0. The number of fused-ring (bicyclic) bond motifs is 1. The number of carbonyl (C=O) groups excluding carboxylic acids is 1. The Morgan fingerprint density at radius 3 is 2.52 bits per heavy atom. The van der Waals surface area contributed by atoms with Crippen LogP contribution < -0.4 is 5.32 Å². The van der Waals surface area contributed by atoms with Crippen LogP contribution in [0.4, 0.5) is 10.5 Å². The lowest BCUT2D eigenvalue weighted by atomic mass is 9.60. The Morgan fingerprint density at radius 1 is 1.26 bits per heavy atom. The van der Waals surface area contributed by atoms with Gasteiger partial charge in [0.1, 0.15) is 11.3 Å². The second-order valence-electron chi connectivity index (χ2n) is 10.1. The largest absolute Gasteiger partial charge is 0.477 e. The highest BCUT2D eigenvalue weighted by Gasteiger charge is 2.46.